The van der Waals surface area contributed by atoms with Crippen LogP contribution in [0.1, 0.15) is 60.0 Å². The third-order valence-electron chi connectivity index (χ3n) is 9.18. The molecule has 6 rings (SSSR count). The Labute approximate surface area is 211 Å². The topological polar surface area (TPSA) is 57.5 Å². The predicted molar refractivity (Wildman–Crippen MR) is 141 cm³/mol. The van der Waals surface area contributed by atoms with Gasteiger partial charge in [0, 0.05) is 15.7 Å². The molecule has 3 aromatic carbocycles. The van der Waals surface area contributed by atoms with Crippen molar-refractivity contribution in [1.82, 2.24) is 0 Å². The third kappa shape index (κ3) is 3.91. The van der Waals surface area contributed by atoms with E-state index in [9.17, 15) is 15.0 Å². The van der Waals surface area contributed by atoms with Crippen LogP contribution in [0.2, 0.25) is 0 Å². The van der Waals surface area contributed by atoms with Crippen LogP contribution in [0, 0.1) is 17.3 Å². The molecule has 0 saturated heterocycles. The number of fused-ring (bicyclic) bond motifs is 5. The lowest BCUT2D eigenvalue weighted by molar-refractivity contribution is -0.0209. The molecule has 0 aliphatic heterocycles. The first-order chi connectivity index (χ1) is 17.0. The minimum absolute atomic E-state index is 0.0198. The van der Waals surface area contributed by atoms with E-state index < -0.39 is 0 Å². The molecule has 180 valence electrons. The number of aromatic hydroxyl groups is 1. The molecular weight excluding hydrogens is 452 g/mol. The summed E-state index contributed by atoms with van der Waals surface area (Å²) in [6, 6.07) is 22.5. The number of benzene rings is 3. The zero-order valence-corrected chi connectivity index (χ0v) is 20.9. The highest BCUT2D eigenvalue weighted by Crippen LogP contribution is 2.62. The normalized spacial score (nSPS) is 31.3. The average molecular weight is 485 g/mol. The van der Waals surface area contributed by atoms with E-state index in [1.807, 2.05) is 48.2 Å². The second-order valence-corrected chi connectivity index (χ2v) is 12.2. The van der Waals surface area contributed by atoms with Gasteiger partial charge in [0.15, 0.2) is 0 Å². The van der Waals surface area contributed by atoms with Crippen molar-refractivity contribution < 1.29 is 15.0 Å². The van der Waals surface area contributed by atoms with Crippen LogP contribution in [0.5, 0.6) is 5.75 Å². The second kappa shape index (κ2) is 8.83. The van der Waals surface area contributed by atoms with Gasteiger partial charge in [-0.25, -0.2) is 0 Å². The maximum atomic E-state index is 11.0. The molecule has 0 aromatic heterocycles. The van der Waals surface area contributed by atoms with Crippen LogP contribution >= 0.6 is 11.8 Å². The summed E-state index contributed by atoms with van der Waals surface area (Å²) in [6.07, 6.45) is 5.85. The van der Waals surface area contributed by atoms with Gasteiger partial charge in [-0.15, -0.1) is 11.8 Å². The quantitative estimate of drug-likeness (QED) is 0.397. The van der Waals surface area contributed by atoms with Crippen LogP contribution in [0.25, 0.3) is 11.1 Å². The van der Waals surface area contributed by atoms with E-state index in [1.54, 1.807) is 0 Å². The molecule has 4 unspecified atom stereocenters. The van der Waals surface area contributed by atoms with E-state index >= 15 is 0 Å². The molecule has 2 fully saturated rings. The van der Waals surface area contributed by atoms with E-state index in [2.05, 4.69) is 37.3 Å². The Morgan fingerprint density at radius 1 is 0.943 bits per heavy atom. The minimum atomic E-state index is -0.190. The van der Waals surface area contributed by atoms with Crippen LogP contribution in [-0.4, -0.2) is 27.9 Å². The fourth-order valence-corrected chi connectivity index (χ4v) is 8.75. The number of rotatable bonds is 4. The molecule has 2 saturated carbocycles. The first-order valence-corrected chi connectivity index (χ1v) is 13.7. The molecule has 0 heterocycles. The molecule has 0 bridgehead atoms. The van der Waals surface area contributed by atoms with Crippen molar-refractivity contribution in [2.24, 2.45) is 17.3 Å². The maximum absolute atomic E-state index is 11.0. The van der Waals surface area contributed by atoms with Crippen molar-refractivity contribution in [3.05, 3.63) is 83.4 Å². The molecule has 6 atom stereocenters. The molecule has 2 N–H and O–H groups in total. The highest BCUT2D eigenvalue weighted by molar-refractivity contribution is 8.00. The zero-order valence-electron chi connectivity index (χ0n) is 20.1. The highest BCUT2D eigenvalue weighted by atomic mass is 32.2. The van der Waals surface area contributed by atoms with Crippen LogP contribution in [0.3, 0.4) is 0 Å². The average Bonchev–Trinajstić information content (AvgIpc) is 3.18. The van der Waals surface area contributed by atoms with Crippen molar-refractivity contribution >= 4 is 18.0 Å². The van der Waals surface area contributed by atoms with E-state index in [-0.39, 0.29) is 11.5 Å². The summed E-state index contributed by atoms with van der Waals surface area (Å²) in [7, 11) is 0. The van der Waals surface area contributed by atoms with E-state index in [1.165, 1.54) is 16.0 Å². The van der Waals surface area contributed by atoms with Gasteiger partial charge < -0.3 is 10.2 Å². The number of hydrogen-bond donors (Lipinski definition) is 2. The Morgan fingerprint density at radius 2 is 1.66 bits per heavy atom. The smallest absolute Gasteiger partial charge is 0.150 e. The number of hydrogen-bond acceptors (Lipinski definition) is 4. The number of aldehydes is 1. The third-order valence-corrected chi connectivity index (χ3v) is 10.5. The van der Waals surface area contributed by atoms with Gasteiger partial charge in [0.25, 0.3) is 0 Å². The first-order valence-electron chi connectivity index (χ1n) is 12.8. The lowest BCUT2D eigenvalue weighted by Crippen LogP contribution is -2.48. The van der Waals surface area contributed by atoms with Gasteiger partial charge in [0.05, 0.1) is 6.10 Å². The standard InChI is InChI=1S/C31H32O3S/c1-31-15-14-26-25-11-8-23(33)16-22(25)17-28(30(26)27(31)12-13-29(31)34)35-24-9-6-21(7-10-24)20-4-2-19(18-32)3-5-20/h2-11,16,18,26-30,33-34H,12-15,17H2,1H3/t26?,27?,28?,29-,30?,31-/m0/s1. The van der Waals surface area contributed by atoms with Crippen molar-refractivity contribution in [1.29, 1.82) is 0 Å². The molecule has 35 heavy (non-hydrogen) atoms. The fraction of sp³-hybridized carbons (Fsp3) is 0.387. The Hall–Kier alpha value is -2.56. The number of phenols is 1. The monoisotopic (exact) mass is 484 g/mol. The first kappa shape index (κ1) is 22.9. The van der Waals surface area contributed by atoms with E-state index in [0.29, 0.717) is 34.3 Å². The van der Waals surface area contributed by atoms with Crippen LogP contribution < -0.4 is 0 Å². The molecule has 3 aromatic rings. The number of phenolic OH excluding ortho intramolecular Hbond substituents is 1. The molecular formula is C31H32O3S. The van der Waals surface area contributed by atoms with Crippen LogP contribution in [-0.2, 0) is 6.42 Å². The molecule has 0 spiro atoms. The number of aliphatic hydroxyl groups is 1. The number of aliphatic hydroxyl groups excluding tert-OH is 1. The van der Waals surface area contributed by atoms with E-state index in [4.69, 9.17) is 0 Å². The molecule has 0 amide bonds. The number of carbonyl (C=O) groups excluding carboxylic acids is 1. The largest absolute Gasteiger partial charge is 0.508 e. The second-order valence-electron chi connectivity index (χ2n) is 10.9. The molecule has 3 nitrogen and oxygen atoms in total. The van der Waals surface area contributed by atoms with Crippen LogP contribution in [0.4, 0.5) is 0 Å². The van der Waals surface area contributed by atoms with Crippen molar-refractivity contribution in [2.75, 3.05) is 0 Å². The van der Waals surface area contributed by atoms with Gasteiger partial charge in [-0.3, -0.25) is 4.79 Å². The molecule has 3 aliphatic carbocycles. The SMILES string of the molecule is C[C@]12CCC3c4ccc(O)cc4CC(Sc4ccc(-c5ccc(C=O)cc5)cc4)C3C1CC[C@@H]2O. The zero-order chi connectivity index (χ0) is 24.2. The van der Waals surface area contributed by atoms with Crippen molar-refractivity contribution in [3.63, 3.8) is 0 Å². The van der Waals surface area contributed by atoms with Gasteiger partial charge in [-0.1, -0.05) is 49.4 Å². The van der Waals surface area contributed by atoms with E-state index in [0.717, 1.165) is 49.5 Å². The summed E-state index contributed by atoms with van der Waals surface area (Å²) in [5.74, 6) is 1.92. The minimum Gasteiger partial charge on any atom is -0.508 e. The highest BCUT2D eigenvalue weighted by Gasteiger charge is 2.56. The number of carbonyl (C=O) groups is 1. The van der Waals surface area contributed by atoms with Gasteiger partial charge in [-0.2, -0.15) is 0 Å². The summed E-state index contributed by atoms with van der Waals surface area (Å²) >= 11 is 1.97. The van der Waals surface area contributed by atoms with Crippen molar-refractivity contribution in [3.8, 4) is 16.9 Å². The Bertz CT molecular complexity index is 1240. The Kier molecular flexibility index (Phi) is 5.77. The maximum Gasteiger partial charge on any atom is 0.150 e. The Morgan fingerprint density at radius 3 is 2.37 bits per heavy atom. The Balaban J connectivity index is 1.31. The predicted octanol–water partition coefficient (Wildman–Crippen LogP) is 6.86. The summed E-state index contributed by atoms with van der Waals surface area (Å²) in [4.78, 5) is 12.2. The summed E-state index contributed by atoms with van der Waals surface area (Å²) in [6.45, 7) is 2.32. The summed E-state index contributed by atoms with van der Waals surface area (Å²) in [5, 5.41) is 21.5. The fourth-order valence-electron chi connectivity index (χ4n) is 7.31. The van der Waals surface area contributed by atoms with Crippen LogP contribution in [0.15, 0.2) is 71.6 Å². The molecule has 0 radical (unpaired) electrons. The van der Waals surface area contributed by atoms with Gasteiger partial charge in [0.1, 0.15) is 12.0 Å². The summed E-state index contributed by atoms with van der Waals surface area (Å²) < 4.78 is 0. The lowest BCUT2D eigenvalue weighted by Gasteiger charge is -2.52. The van der Waals surface area contributed by atoms with Gasteiger partial charge in [0.2, 0.25) is 0 Å². The van der Waals surface area contributed by atoms with Gasteiger partial charge in [-0.05, 0) is 102 Å². The lowest BCUT2D eigenvalue weighted by atomic mass is 9.55. The van der Waals surface area contributed by atoms with Gasteiger partial charge >= 0.3 is 0 Å². The van der Waals surface area contributed by atoms with Crippen molar-refractivity contribution in [2.45, 2.75) is 61.2 Å². The molecule has 4 heteroatoms. The summed E-state index contributed by atoms with van der Waals surface area (Å²) in [5.41, 5.74) is 5.67. The number of thioether (sulfide) groups is 1. The molecule has 3 aliphatic rings.